The summed E-state index contributed by atoms with van der Waals surface area (Å²) in [4.78, 5) is 28.7. The third-order valence-corrected chi connectivity index (χ3v) is 15.7. The van der Waals surface area contributed by atoms with Crippen molar-refractivity contribution in [3.63, 3.8) is 0 Å². The van der Waals surface area contributed by atoms with E-state index in [0.717, 1.165) is 116 Å². The van der Waals surface area contributed by atoms with Crippen LogP contribution in [0.3, 0.4) is 0 Å². The van der Waals surface area contributed by atoms with Gasteiger partial charge < -0.3 is 19.0 Å². The molecule has 0 aliphatic carbocycles. The van der Waals surface area contributed by atoms with Gasteiger partial charge in [0, 0.05) is 64.3 Å². The number of rotatable bonds is 6. The van der Waals surface area contributed by atoms with Crippen molar-refractivity contribution in [3.8, 4) is 34.9 Å². The molecule has 12 heterocycles. The number of nitrogens with zero attached hydrogens (tertiary/aromatic N) is 12. The largest absolute Gasteiger partial charge is 2.00 e. The third kappa shape index (κ3) is 13.5. The summed E-state index contributed by atoms with van der Waals surface area (Å²) in [6, 6.07) is 60.2. The van der Waals surface area contributed by atoms with E-state index in [1.165, 1.54) is 79.7 Å². The van der Waals surface area contributed by atoms with Crippen LogP contribution in [0.4, 0.5) is 0 Å². The fourth-order valence-corrected chi connectivity index (χ4v) is 11.6. The SMILES string of the molecule is Cc1[c-]c2c3nc(Oc4[c-]c5c(cc4)c4ccccc4n5-c4cc(C(C)(C)C)ccn4)ccc3c3ncccc3n2n1.Cc1cc2c3nc(Oc4ccc5c6ccccc6n(-c6cc(C(C)(C)C)ccn6)c5c4)ccc3c3ncccc3n2n1.[Cl][Pt]([Cl])([Cl])[Cl].[K][K].[Pt+2]. The van der Waals surface area contributed by atoms with Gasteiger partial charge in [-0.05, 0) is 138 Å². The molecule has 0 bridgehead atoms. The van der Waals surface area contributed by atoms with Crippen molar-refractivity contribution in [2.45, 2.75) is 66.2 Å². The van der Waals surface area contributed by atoms with Gasteiger partial charge in [-0.25, -0.2) is 19.5 Å². The Bertz CT molecular complexity index is 5170. The Morgan fingerprint density at radius 3 is 1.58 bits per heavy atom. The Balaban J connectivity index is 0.000000160. The summed E-state index contributed by atoms with van der Waals surface area (Å²) in [5.74, 6) is 3.96. The summed E-state index contributed by atoms with van der Waals surface area (Å²) in [5, 5.41) is 15.8. The Kier molecular flexibility index (Phi) is 20.0. The molecular formula is C70H54Cl4K2N12O2Pt2. The summed E-state index contributed by atoms with van der Waals surface area (Å²) in [5.41, 5.74) is 15.0. The fraction of sp³-hybridized carbons (Fsp3) is 0.143. The number of ether oxygens (including phenoxy) is 2. The molecule has 4 aromatic carbocycles. The average molecular weight is 1710 g/mol. The van der Waals surface area contributed by atoms with E-state index in [0.29, 0.717) is 23.3 Å². The zero-order valence-corrected chi connectivity index (χ0v) is 65.5. The van der Waals surface area contributed by atoms with Crippen molar-refractivity contribution in [3.05, 3.63) is 217 Å². The molecule has 0 radical (unpaired) electrons. The normalized spacial score (nSPS) is 12.1. The second kappa shape index (κ2) is 27.4. The molecular weight excluding hydrogens is 1650 g/mol. The standard InChI is InChI=1S/C35H28N6O.C35H26N6O.4ClH.2K.2Pt/c2*1-21-18-30-34-26(33-28(41(30)39-21)10-7-16-37-33)13-14-32(38-34)42-23-11-12-25-24-8-5-6-9-27(24)40(29(25)20-23)31-19-22(15-17-36-31)35(2,3)4;;;;;;;;/h5-20H,1-4H3;5-17,19H,1-4H3;4*1H;;;;/q;-2;;;;;;;+2;+4/p-4. The predicted octanol–water partition coefficient (Wildman–Crippen LogP) is 18.2. The van der Waals surface area contributed by atoms with Gasteiger partial charge >= 0.3 is 134 Å². The summed E-state index contributed by atoms with van der Waals surface area (Å²) >= 11 is -0.556. The summed E-state index contributed by atoms with van der Waals surface area (Å²) in [6.45, 7) is 17.2. The number of pyridine rings is 8. The maximum Gasteiger partial charge on any atom is 2.00 e. The minimum Gasteiger partial charge on any atom is 2.00 e. The van der Waals surface area contributed by atoms with E-state index in [4.69, 9.17) is 72.2 Å². The molecule has 0 saturated heterocycles. The van der Waals surface area contributed by atoms with Gasteiger partial charge in [0.25, 0.3) is 0 Å². The molecule has 0 saturated carbocycles. The molecule has 456 valence electrons. The van der Waals surface area contributed by atoms with Crippen LogP contribution < -0.4 is 9.47 Å². The molecule has 0 aliphatic rings. The Hall–Kier alpha value is -4.79. The maximum atomic E-state index is 6.43. The van der Waals surface area contributed by atoms with Gasteiger partial charge in [0.1, 0.15) is 22.9 Å². The van der Waals surface area contributed by atoms with Crippen molar-refractivity contribution in [2.75, 3.05) is 0 Å². The zero-order valence-electron chi connectivity index (χ0n) is 51.6. The van der Waals surface area contributed by atoms with E-state index >= 15 is 0 Å². The number of aromatic nitrogens is 12. The number of benzene rings is 4. The molecule has 12 aromatic heterocycles. The van der Waals surface area contributed by atoms with Crippen LogP contribution in [0.25, 0.3) is 110 Å². The van der Waals surface area contributed by atoms with E-state index in [2.05, 4.69) is 175 Å². The molecule has 16 aromatic rings. The van der Waals surface area contributed by atoms with E-state index in [1.807, 2.05) is 95.9 Å². The number of halogens is 4. The maximum absolute atomic E-state index is 6.43. The van der Waals surface area contributed by atoms with Gasteiger partial charge in [-0.2, -0.15) is 22.3 Å². The Morgan fingerprint density at radius 1 is 0.435 bits per heavy atom. The first-order chi connectivity index (χ1) is 43.7. The van der Waals surface area contributed by atoms with Gasteiger partial charge in [0.15, 0.2) is 5.88 Å². The van der Waals surface area contributed by atoms with Crippen LogP contribution in [-0.4, -0.2) is 121 Å². The van der Waals surface area contributed by atoms with Gasteiger partial charge in [-0.1, -0.05) is 106 Å². The van der Waals surface area contributed by atoms with Gasteiger partial charge in [-0.3, -0.25) is 19.1 Å². The summed E-state index contributed by atoms with van der Waals surface area (Å²) in [7, 11) is 20.0. The van der Waals surface area contributed by atoms with Crippen LogP contribution in [-0.2, 0) is 43.8 Å². The molecule has 0 spiro atoms. The van der Waals surface area contributed by atoms with Crippen LogP contribution in [0.2, 0.25) is 0 Å². The quantitative estimate of drug-likeness (QED) is 0.0898. The van der Waals surface area contributed by atoms with Crippen LogP contribution in [0.15, 0.2) is 183 Å². The second-order valence-electron chi connectivity index (χ2n) is 23.6. The molecule has 0 aliphatic heterocycles. The number of para-hydroxylation sites is 2. The zero-order chi connectivity index (χ0) is 63.7. The van der Waals surface area contributed by atoms with Crippen molar-refractivity contribution < 1.29 is 42.4 Å². The van der Waals surface area contributed by atoms with Crippen LogP contribution >= 0.6 is 37.7 Å². The fourth-order valence-electron chi connectivity index (χ4n) is 11.6. The first kappa shape index (κ1) is 67.2. The average Bonchev–Trinajstić information content (AvgIpc) is 1.63. The first-order valence-corrected chi connectivity index (χ1v) is 56.7. The number of aryl methyl sites for hydroxylation is 2. The molecule has 92 heavy (non-hydrogen) atoms. The van der Waals surface area contributed by atoms with Crippen molar-refractivity contribution in [1.82, 2.24) is 58.3 Å². The van der Waals surface area contributed by atoms with Crippen LogP contribution in [0.1, 0.15) is 64.1 Å². The molecule has 14 nitrogen and oxygen atoms in total. The smallest absolute Gasteiger partial charge is 2.00 e. The Labute approximate surface area is 608 Å². The number of hydrogen-bond acceptors (Lipinski definition) is 10. The molecule has 0 atom stereocenters. The number of fused-ring (bicyclic) bond motifs is 18. The predicted molar refractivity (Wildman–Crippen MR) is 368 cm³/mol. The van der Waals surface area contributed by atoms with E-state index in [1.54, 1.807) is 12.4 Å². The van der Waals surface area contributed by atoms with E-state index < -0.39 is 11.9 Å². The topological polar surface area (TPSA) is 140 Å². The van der Waals surface area contributed by atoms with Crippen molar-refractivity contribution in [2.24, 2.45) is 0 Å². The molecule has 0 N–H and O–H groups in total. The summed E-state index contributed by atoms with van der Waals surface area (Å²) in [6.07, 6.45) is 7.36. The van der Waals surface area contributed by atoms with Crippen LogP contribution in [0, 0.1) is 26.0 Å². The molecule has 22 heteroatoms. The first-order valence-electron chi connectivity index (χ1n) is 29.5. The summed E-state index contributed by atoms with van der Waals surface area (Å²) < 4.78 is 20.9. The van der Waals surface area contributed by atoms with Crippen molar-refractivity contribution in [1.29, 1.82) is 0 Å². The second-order valence-corrected chi connectivity index (χ2v) is 43.3. The van der Waals surface area contributed by atoms with Crippen molar-refractivity contribution >= 4 is 199 Å². The molecule has 0 unspecified atom stereocenters. The van der Waals surface area contributed by atoms with Gasteiger partial charge in [-0.15, -0.1) is 17.5 Å². The third-order valence-electron chi connectivity index (χ3n) is 15.7. The van der Waals surface area contributed by atoms with E-state index in [9.17, 15) is 0 Å². The number of hydrogen-bond donors (Lipinski definition) is 0. The minimum absolute atomic E-state index is 0. The van der Waals surface area contributed by atoms with E-state index in [-0.39, 0.29) is 31.9 Å². The molecule has 0 fully saturated rings. The minimum atomic E-state index is -3.06. The monoisotopic (exact) mass is 1700 g/mol. The molecule has 16 rings (SSSR count). The van der Waals surface area contributed by atoms with Crippen LogP contribution in [0.5, 0.6) is 23.3 Å². The van der Waals surface area contributed by atoms with Gasteiger partial charge in [0.2, 0.25) is 5.88 Å². The Morgan fingerprint density at radius 2 is 0.946 bits per heavy atom. The molecule has 0 amide bonds. The van der Waals surface area contributed by atoms with Gasteiger partial charge in [0.05, 0.1) is 44.3 Å².